The lowest BCUT2D eigenvalue weighted by molar-refractivity contribution is -0.119. The van der Waals surface area contributed by atoms with Gasteiger partial charge < -0.3 is 24.0 Å². The van der Waals surface area contributed by atoms with E-state index in [2.05, 4.69) is 31.0 Å². The van der Waals surface area contributed by atoms with Crippen molar-refractivity contribution in [3.63, 3.8) is 0 Å². The number of likely N-dealkylation sites (N-methyl/N-ethyl adjacent to an activating group) is 1. The van der Waals surface area contributed by atoms with Crippen LogP contribution in [0.25, 0.3) is 11.3 Å². The molecule has 0 fully saturated rings. The summed E-state index contributed by atoms with van der Waals surface area (Å²) in [6.07, 6.45) is 1.33. The van der Waals surface area contributed by atoms with Crippen LogP contribution in [0.3, 0.4) is 0 Å². The Morgan fingerprint density at radius 1 is 1.03 bits per heavy atom. The number of carbonyl (C=O) groups excluding carboxylic acids is 2. The molecule has 0 bridgehead atoms. The molecule has 1 aliphatic heterocycles. The lowest BCUT2D eigenvalue weighted by Crippen LogP contribution is -2.37. The first-order chi connectivity index (χ1) is 18.3. The molecular weight excluding hydrogens is 480 g/mol. The molecule has 1 aliphatic rings. The quantitative estimate of drug-likeness (QED) is 0.472. The number of amides is 2. The Bertz CT molecular complexity index is 1270. The molecule has 0 spiro atoms. The van der Waals surface area contributed by atoms with E-state index < -0.39 is 0 Å². The number of nitrogens with zero attached hydrogens (tertiary/aromatic N) is 4. The summed E-state index contributed by atoms with van der Waals surface area (Å²) in [6.45, 7) is 8.96. The molecule has 0 radical (unpaired) electrons. The number of para-hydroxylation sites is 2. The van der Waals surface area contributed by atoms with Crippen LogP contribution in [0, 0.1) is 12.8 Å². The Morgan fingerprint density at radius 2 is 1.76 bits per heavy atom. The lowest BCUT2D eigenvalue weighted by atomic mass is 10.0. The van der Waals surface area contributed by atoms with Crippen molar-refractivity contribution >= 4 is 17.5 Å². The number of methoxy groups -OCH3 is 1. The fraction of sp³-hybridized carbons (Fsp3) is 0.433. The molecule has 3 aromatic rings. The second kappa shape index (κ2) is 12.3. The summed E-state index contributed by atoms with van der Waals surface area (Å²) in [5, 5.41) is 4.26. The van der Waals surface area contributed by atoms with Gasteiger partial charge in [-0.3, -0.25) is 9.59 Å². The van der Waals surface area contributed by atoms with Crippen LogP contribution in [-0.4, -0.2) is 67.1 Å². The SMILES string of the molecule is COc1ccccc1-c1noc(C)c1C(=O)N1CCN(C)CCCN(C(=O)CC(C)C)c2ccccc2C1. The zero-order valence-corrected chi connectivity index (χ0v) is 23.1. The Morgan fingerprint density at radius 3 is 2.53 bits per heavy atom. The van der Waals surface area contributed by atoms with Gasteiger partial charge in [0.2, 0.25) is 5.91 Å². The molecule has 2 aromatic carbocycles. The average Bonchev–Trinajstić information content (AvgIpc) is 3.27. The zero-order valence-electron chi connectivity index (χ0n) is 23.1. The number of hydrogen-bond acceptors (Lipinski definition) is 6. The smallest absolute Gasteiger partial charge is 0.260 e. The van der Waals surface area contributed by atoms with Gasteiger partial charge in [-0.1, -0.05) is 49.3 Å². The lowest BCUT2D eigenvalue weighted by Gasteiger charge is -2.28. The van der Waals surface area contributed by atoms with Crippen molar-refractivity contribution < 1.29 is 18.8 Å². The first-order valence-electron chi connectivity index (χ1n) is 13.3. The zero-order chi connectivity index (χ0) is 27.2. The van der Waals surface area contributed by atoms with Gasteiger partial charge in [0, 0.05) is 43.9 Å². The van der Waals surface area contributed by atoms with Crippen LogP contribution >= 0.6 is 0 Å². The van der Waals surface area contributed by atoms with Crippen molar-refractivity contribution in [3.05, 3.63) is 65.4 Å². The van der Waals surface area contributed by atoms with Gasteiger partial charge in [0.05, 0.1) is 7.11 Å². The fourth-order valence-electron chi connectivity index (χ4n) is 4.91. The molecule has 0 saturated carbocycles. The molecule has 0 saturated heterocycles. The number of anilines is 1. The molecule has 8 heteroatoms. The average molecular weight is 519 g/mol. The van der Waals surface area contributed by atoms with E-state index in [0.717, 1.165) is 24.2 Å². The fourth-order valence-corrected chi connectivity index (χ4v) is 4.91. The first-order valence-corrected chi connectivity index (χ1v) is 13.3. The molecule has 202 valence electrons. The van der Waals surface area contributed by atoms with E-state index in [1.165, 1.54) is 0 Å². The first kappa shape index (κ1) is 27.4. The summed E-state index contributed by atoms with van der Waals surface area (Å²) >= 11 is 0. The highest BCUT2D eigenvalue weighted by Gasteiger charge is 2.29. The number of ether oxygens (including phenoxy) is 1. The maximum Gasteiger partial charge on any atom is 0.260 e. The van der Waals surface area contributed by atoms with Crippen LogP contribution in [0.1, 0.15) is 48.4 Å². The van der Waals surface area contributed by atoms with Gasteiger partial charge in [0.1, 0.15) is 22.8 Å². The number of aryl methyl sites for hydroxylation is 1. The number of carbonyl (C=O) groups is 2. The Labute approximate surface area is 225 Å². The molecule has 0 aliphatic carbocycles. The summed E-state index contributed by atoms with van der Waals surface area (Å²) in [5.41, 5.74) is 3.41. The van der Waals surface area contributed by atoms with Crippen LogP contribution in [0.2, 0.25) is 0 Å². The maximum absolute atomic E-state index is 14.2. The van der Waals surface area contributed by atoms with Gasteiger partial charge in [0.15, 0.2) is 0 Å². The van der Waals surface area contributed by atoms with E-state index in [9.17, 15) is 9.59 Å². The number of hydrogen-bond donors (Lipinski definition) is 0. The van der Waals surface area contributed by atoms with E-state index >= 15 is 0 Å². The van der Waals surface area contributed by atoms with Gasteiger partial charge in [-0.05, 0) is 56.6 Å². The molecule has 38 heavy (non-hydrogen) atoms. The largest absolute Gasteiger partial charge is 0.496 e. The molecule has 2 amide bonds. The van der Waals surface area contributed by atoms with Gasteiger partial charge >= 0.3 is 0 Å². The molecular formula is C30H38N4O4. The third-order valence-electron chi connectivity index (χ3n) is 6.93. The summed E-state index contributed by atoms with van der Waals surface area (Å²) in [6, 6.07) is 15.4. The predicted octanol–water partition coefficient (Wildman–Crippen LogP) is 5.02. The Hall–Kier alpha value is -3.65. The predicted molar refractivity (Wildman–Crippen MR) is 148 cm³/mol. The molecule has 1 aromatic heterocycles. The number of rotatable bonds is 5. The number of fused-ring (bicyclic) bond motifs is 1. The summed E-state index contributed by atoms with van der Waals surface area (Å²) < 4.78 is 11.1. The van der Waals surface area contributed by atoms with E-state index in [1.54, 1.807) is 14.0 Å². The van der Waals surface area contributed by atoms with Crippen LogP contribution in [0.4, 0.5) is 5.69 Å². The molecule has 2 heterocycles. The number of aromatic nitrogens is 1. The summed E-state index contributed by atoms with van der Waals surface area (Å²) in [4.78, 5) is 33.5. The standard InChI is InChI=1S/C30H38N4O4/c1-21(2)19-27(35)34-16-10-15-32(4)17-18-33(20-23-11-6-8-13-25(23)34)30(36)28-22(3)38-31-29(28)24-12-7-9-14-26(24)37-5/h6-9,11-14,21H,10,15-20H2,1-5H3. The van der Waals surface area contributed by atoms with Crippen LogP contribution in [0.5, 0.6) is 5.75 Å². The van der Waals surface area contributed by atoms with Crippen LogP contribution < -0.4 is 9.64 Å². The molecule has 8 nitrogen and oxygen atoms in total. The normalized spacial score (nSPS) is 15.2. The molecule has 4 rings (SSSR count). The van der Waals surface area contributed by atoms with Gasteiger partial charge in [0.25, 0.3) is 5.91 Å². The Kier molecular flexibility index (Phi) is 8.84. The van der Waals surface area contributed by atoms with Crippen molar-refractivity contribution in [2.45, 2.75) is 40.2 Å². The van der Waals surface area contributed by atoms with E-state index in [-0.39, 0.29) is 17.7 Å². The van der Waals surface area contributed by atoms with Gasteiger partial charge in [-0.2, -0.15) is 0 Å². The maximum atomic E-state index is 14.2. The van der Waals surface area contributed by atoms with E-state index in [0.29, 0.717) is 60.9 Å². The van der Waals surface area contributed by atoms with Crippen molar-refractivity contribution in [2.75, 3.05) is 45.2 Å². The third kappa shape index (κ3) is 6.07. The molecule has 0 atom stereocenters. The summed E-state index contributed by atoms with van der Waals surface area (Å²) in [7, 11) is 3.65. The highest BCUT2D eigenvalue weighted by Crippen LogP contribution is 2.34. The topological polar surface area (TPSA) is 79.1 Å². The van der Waals surface area contributed by atoms with Crippen molar-refractivity contribution in [2.24, 2.45) is 5.92 Å². The monoisotopic (exact) mass is 518 g/mol. The Balaban J connectivity index is 1.74. The van der Waals surface area contributed by atoms with E-state index in [4.69, 9.17) is 9.26 Å². The van der Waals surface area contributed by atoms with Gasteiger partial charge in [-0.25, -0.2) is 0 Å². The highest BCUT2D eigenvalue weighted by molar-refractivity contribution is 6.01. The van der Waals surface area contributed by atoms with Crippen molar-refractivity contribution in [3.8, 4) is 17.0 Å². The second-order valence-corrected chi connectivity index (χ2v) is 10.3. The van der Waals surface area contributed by atoms with Crippen LogP contribution in [0.15, 0.2) is 53.1 Å². The summed E-state index contributed by atoms with van der Waals surface area (Å²) in [5.74, 6) is 1.29. The minimum atomic E-state index is -0.160. The minimum absolute atomic E-state index is 0.112. The number of benzene rings is 2. The third-order valence-corrected chi connectivity index (χ3v) is 6.93. The second-order valence-electron chi connectivity index (χ2n) is 10.3. The minimum Gasteiger partial charge on any atom is -0.496 e. The van der Waals surface area contributed by atoms with Crippen LogP contribution in [-0.2, 0) is 11.3 Å². The van der Waals surface area contributed by atoms with Crippen molar-refractivity contribution in [1.29, 1.82) is 0 Å². The van der Waals surface area contributed by atoms with Crippen molar-refractivity contribution in [1.82, 2.24) is 15.0 Å². The molecule has 0 N–H and O–H groups in total. The van der Waals surface area contributed by atoms with E-state index in [1.807, 2.05) is 58.3 Å². The highest BCUT2D eigenvalue weighted by atomic mass is 16.5. The molecule has 0 unspecified atom stereocenters. The van der Waals surface area contributed by atoms with Gasteiger partial charge in [-0.15, -0.1) is 0 Å².